The molecule has 7 heteroatoms. The quantitative estimate of drug-likeness (QED) is 0.751. The summed E-state index contributed by atoms with van der Waals surface area (Å²) in [7, 11) is 1.82. The molecule has 0 radical (unpaired) electrons. The van der Waals surface area contributed by atoms with Crippen molar-refractivity contribution in [1.29, 1.82) is 0 Å². The Morgan fingerprint density at radius 3 is 2.93 bits per heavy atom. The third-order valence-electron chi connectivity index (χ3n) is 4.70. The molecule has 0 fully saturated rings. The average molecular weight is 368 g/mol. The first-order chi connectivity index (χ1) is 13.0. The van der Waals surface area contributed by atoms with E-state index < -0.39 is 6.04 Å². The molecule has 0 saturated heterocycles. The van der Waals surface area contributed by atoms with Gasteiger partial charge in [0.2, 0.25) is 5.91 Å². The molecule has 142 valence electrons. The summed E-state index contributed by atoms with van der Waals surface area (Å²) in [4.78, 5) is 26.3. The summed E-state index contributed by atoms with van der Waals surface area (Å²) in [5.41, 5.74) is 3.26. The number of amides is 2. The Morgan fingerprint density at radius 1 is 1.44 bits per heavy atom. The number of aryl methyl sites for hydroxylation is 2. The Kier molecular flexibility index (Phi) is 5.71. The van der Waals surface area contributed by atoms with Gasteiger partial charge in [0.05, 0.1) is 18.8 Å². The monoisotopic (exact) mass is 368 g/mol. The Morgan fingerprint density at radius 2 is 2.26 bits per heavy atom. The smallest absolute Gasteiger partial charge is 0.251 e. The second-order valence-corrected chi connectivity index (χ2v) is 6.72. The van der Waals surface area contributed by atoms with E-state index in [4.69, 9.17) is 0 Å². The third-order valence-corrected chi connectivity index (χ3v) is 4.70. The summed E-state index contributed by atoms with van der Waals surface area (Å²) in [6, 6.07) is 4.95. The number of hydrogen-bond donors (Lipinski definition) is 2. The van der Waals surface area contributed by atoms with Crippen molar-refractivity contribution in [1.82, 2.24) is 15.1 Å². The first-order valence-electron chi connectivity index (χ1n) is 8.98. The SMILES string of the molecule is C=CC(=O)N1CCCc2cc(C(=O)NC(CO)Cc3cnn(C)c3)ccc21. The molecule has 3 rings (SSSR count). The Bertz CT molecular complexity index is 859. The number of aliphatic hydroxyl groups excluding tert-OH is 1. The van der Waals surface area contributed by atoms with Crippen LogP contribution in [-0.2, 0) is 24.7 Å². The van der Waals surface area contributed by atoms with Crippen LogP contribution in [-0.4, -0.2) is 45.9 Å². The number of benzene rings is 1. The van der Waals surface area contributed by atoms with Crippen LogP contribution >= 0.6 is 0 Å². The Labute approximate surface area is 158 Å². The fourth-order valence-corrected chi connectivity index (χ4v) is 3.37. The number of nitrogens with zero attached hydrogens (tertiary/aromatic N) is 3. The van der Waals surface area contributed by atoms with Gasteiger partial charge in [-0.3, -0.25) is 14.3 Å². The fraction of sp³-hybridized carbons (Fsp3) is 0.350. The van der Waals surface area contributed by atoms with E-state index in [2.05, 4.69) is 17.0 Å². The van der Waals surface area contributed by atoms with Crippen LogP contribution < -0.4 is 10.2 Å². The lowest BCUT2D eigenvalue weighted by Gasteiger charge is -2.29. The largest absolute Gasteiger partial charge is 0.394 e. The topological polar surface area (TPSA) is 87.5 Å². The molecule has 1 unspecified atom stereocenters. The van der Waals surface area contributed by atoms with Gasteiger partial charge in [0, 0.05) is 31.0 Å². The maximum absolute atomic E-state index is 12.6. The predicted octanol–water partition coefficient (Wildman–Crippen LogP) is 1.22. The summed E-state index contributed by atoms with van der Waals surface area (Å²) < 4.78 is 1.69. The zero-order valence-electron chi connectivity index (χ0n) is 15.4. The van der Waals surface area contributed by atoms with E-state index >= 15 is 0 Å². The van der Waals surface area contributed by atoms with E-state index in [1.807, 2.05) is 19.3 Å². The van der Waals surface area contributed by atoms with Gasteiger partial charge < -0.3 is 15.3 Å². The number of carbonyl (C=O) groups is 2. The Hall–Kier alpha value is -2.93. The molecule has 1 atom stereocenters. The maximum Gasteiger partial charge on any atom is 0.251 e. The molecule has 1 aliphatic rings. The van der Waals surface area contributed by atoms with Crippen LogP contribution in [0.4, 0.5) is 5.69 Å². The molecule has 0 saturated carbocycles. The number of aromatic nitrogens is 2. The van der Waals surface area contributed by atoms with Crippen molar-refractivity contribution in [2.45, 2.75) is 25.3 Å². The van der Waals surface area contributed by atoms with Gasteiger partial charge in [0.1, 0.15) is 0 Å². The molecule has 2 amide bonds. The van der Waals surface area contributed by atoms with Gasteiger partial charge >= 0.3 is 0 Å². The highest BCUT2D eigenvalue weighted by atomic mass is 16.3. The van der Waals surface area contributed by atoms with Gasteiger partial charge in [0.25, 0.3) is 5.91 Å². The molecule has 0 spiro atoms. The van der Waals surface area contributed by atoms with Crippen molar-refractivity contribution < 1.29 is 14.7 Å². The highest BCUT2D eigenvalue weighted by Crippen LogP contribution is 2.28. The lowest BCUT2D eigenvalue weighted by molar-refractivity contribution is -0.114. The van der Waals surface area contributed by atoms with Crippen LogP contribution in [0.15, 0.2) is 43.2 Å². The van der Waals surface area contributed by atoms with Gasteiger partial charge in [-0.2, -0.15) is 5.10 Å². The molecule has 7 nitrogen and oxygen atoms in total. The zero-order valence-corrected chi connectivity index (χ0v) is 15.4. The minimum atomic E-state index is -0.392. The van der Waals surface area contributed by atoms with Crippen LogP contribution in [0.25, 0.3) is 0 Å². The number of fused-ring (bicyclic) bond motifs is 1. The minimum Gasteiger partial charge on any atom is -0.394 e. The summed E-state index contributed by atoms with van der Waals surface area (Å²) >= 11 is 0. The summed E-state index contributed by atoms with van der Waals surface area (Å²) in [6.45, 7) is 4.04. The van der Waals surface area contributed by atoms with Gasteiger partial charge in [-0.25, -0.2) is 0 Å². The number of carbonyl (C=O) groups excluding carboxylic acids is 2. The molecule has 2 N–H and O–H groups in total. The number of hydrogen-bond acceptors (Lipinski definition) is 4. The molecule has 1 aromatic carbocycles. The third kappa shape index (κ3) is 4.25. The van der Waals surface area contributed by atoms with Crippen molar-refractivity contribution in [3.8, 4) is 0 Å². The first-order valence-corrected chi connectivity index (χ1v) is 8.98. The van der Waals surface area contributed by atoms with E-state index in [1.54, 1.807) is 27.9 Å². The molecule has 1 aliphatic heterocycles. The van der Waals surface area contributed by atoms with Crippen molar-refractivity contribution >= 4 is 17.5 Å². The molecular formula is C20H24N4O3. The molecule has 0 bridgehead atoms. The normalized spacial score (nSPS) is 14.4. The van der Waals surface area contributed by atoms with E-state index in [1.165, 1.54) is 6.08 Å². The summed E-state index contributed by atoms with van der Waals surface area (Å²) in [5, 5.41) is 16.6. The maximum atomic E-state index is 12.6. The number of aliphatic hydroxyl groups is 1. The lowest BCUT2D eigenvalue weighted by Crippen LogP contribution is -2.39. The summed E-state index contributed by atoms with van der Waals surface area (Å²) in [6.07, 6.45) is 7.05. The predicted molar refractivity (Wildman–Crippen MR) is 103 cm³/mol. The van der Waals surface area contributed by atoms with Gasteiger partial charge in [0.15, 0.2) is 0 Å². The van der Waals surface area contributed by atoms with E-state index in [0.29, 0.717) is 18.5 Å². The standard InChI is InChI=1S/C20H24N4O3/c1-3-19(26)24-8-4-5-15-10-16(6-7-18(15)24)20(27)22-17(13-25)9-14-11-21-23(2)12-14/h3,6-7,10-12,17,25H,1,4-5,8-9,13H2,2H3,(H,22,27). The molecule has 2 aromatic rings. The molecule has 2 heterocycles. The van der Waals surface area contributed by atoms with Crippen LogP contribution in [0, 0.1) is 0 Å². The van der Waals surface area contributed by atoms with E-state index in [-0.39, 0.29) is 18.4 Å². The van der Waals surface area contributed by atoms with Crippen molar-refractivity contribution in [3.05, 3.63) is 59.9 Å². The number of nitrogens with one attached hydrogen (secondary N) is 1. The lowest BCUT2D eigenvalue weighted by atomic mass is 9.98. The van der Waals surface area contributed by atoms with Crippen LogP contribution in [0.1, 0.15) is 27.9 Å². The highest BCUT2D eigenvalue weighted by molar-refractivity contribution is 6.02. The van der Waals surface area contributed by atoms with E-state index in [0.717, 1.165) is 29.7 Å². The first kappa shape index (κ1) is 18.8. The molecule has 1 aromatic heterocycles. The van der Waals surface area contributed by atoms with Crippen molar-refractivity contribution in [3.63, 3.8) is 0 Å². The fourth-order valence-electron chi connectivity index (χ4n) is 3.37. The van der Waals surface area contributed by atoms with Crippen LogP contribution in [0.5, 0.6) is 0 Å². The molecule has 0 aliphatic carbocycles. The minimum absolute atomic E-state index is 0.134. The van der Waals surface area contributed by atoms with Crippen molar-refractivity contribution in [2.75, 3.05) is 18.1 Å². The van der Waals surface area contributed by atoms with E-state index in [9.17, 15) is 14.7 Å². The van der Waals surface area contributed by atoms with Crippen LogP contribution in [0.3, 0.4) is 0 Å². The second-order valence-electron chi connectivity index (χ2n) is 6.72. The average Bonchev–Trinajstić information content (AvgIpc) is 3.10. The van der Waals surface area contributed by atoms with Crippen LogP contribution in [0.2, 0.25) is 0 Å². The van der Waals surface area contributed by atoms with Gasteiger partial charge in [-0.15, -0.1) is 0 Å². The Balaban J connectivity index is 1.73. The number of anilines is 1. The zero-order chi connectivity index (χ0) is 19.4. The second kappa shape index (κ2) is 8.18. The summed E-state index contributed by atoms with van der Waals surface area (Å²) in [5.74, 6) is -0.377. The van der Waals surface area contributed by atoms with Gasteiger partial charge in [-0.05, 0) is 54.7 Å². The number of rotatable bonds is 6. The van der Waals surface area contributed by atoms with Gasteiger partial charge in [-0.1, -0.05) is 6.58 Å². The molecule has 27 heavy (non-hydrogen) atoms. The molecular weight excluding hydrogens is 344 g/mol. The van der Waals surface area contributed by atoms with Crippen molar-refractivity contribution in [2.24, 2.45) is 7.05 Å². The highest BCUT2D eigenvalue weighted by Gasteiger charge is 2.22.